The van der Waals surface area contributed by atoms with Crippen LogP contribution in [0.4, 0.5) is 0 Å². The molecule has 3 radical (unpaired) electrons. The molecule has 4 N–H and O–H groups in total. The number of carbonyl (C=O) groups is 1. The van der Waals surface area contributed by atoms with Crippen molar-refractivity contribution in [2.75, 3.05) is 6.61 Å². The Labute approximate surface area is 48.9 Å². The monoisotopic (exact) mass is 116 g/mol. The van der Waals surface area contributed by atoms with Gasteiger partial charge in [-0.1, -0.05) is 0 Å². The average molecular weight is 116 g/mol. The minimum absolute atomic E-state index is 0. The van der Waals surface area contributed by atoms with Crippen molar-refractivity contribution in [2.45, 2.75) is 6.04 Å². The van der Waals surface area contributed by atoms with Crippen LogP contribution in [0.2, 0.25) is 0 Å². The summed E-state index contributed by atoms with van der Waals surface area (Å²) in [6, 6.07) is -1.13. The quantitative estimate of drug-likeness (QED) is 0.364. The molecule has 0 aliphatic carbocycles. The zero-order valence-corrected chi connectivity index (χ0v) is 4.24. The Morgan fingerprint density at radius 3 is 2.12 bits per heavy atom. The fraction of sp³-hybridized carbons (Fsp3) is 0.667. The molecule has 0 saturated heterocycles. The van der Waals surface area contributed by atoms with E-state index in [-0.39, 0.29) is 8.41 Å². The van der Waals surface area contributed by atoms with Gasteiger partial charge in [0.1, 0.15) is 6.04 Å². The lowest BCUT2D eigenvalue weighted by molar-refractivity contribution is -0.139. The number of aliphatic hydroxyl groups excluding tert-OH is 1. The van der Waals surface area contributed by atoms with Gasteiger partial charge in [-0.15, -0.1) is 0 Å². The molecular formula is C3H7BNO3. The lowest BCUT2D eigenvalue weighted by Crippen LogP contribution is -2.33. The second-order valence-electron chi connectivity index (χ2n) is 1.13. The summed E-state index contributed by atoms with van der Waals surface area (Å²) in [4.78, 5) is 9.65. The van der Waals surface area contributed by atoms with Crippen molar-refractivity contribution < 1.29 is 15.0 Å². The molecule has 0 aromatic rings. The summed E-state index contributed by atoms with van der Waals surface area (Å²) in [5.74, 6) is -1.18. The number of carboxylic acids is 1. The third-order valence-electron chi connectivity index (χ3n) is 0.514. The molecule has 0 aromatic carbocycles. The smallest absolute Gasteiger partial charge is 0.322 e. The van der Waals surface area contributed by atoms with Crippen molar-refractivity contribution in [3.8, 4) is 0 Å². The van der Waals surface area contributed by atoms with Crippen LogP contribution in [0.1, 0.15) is 0 Å². The van der Waals surface area contributed by atoms with E-state index < -0.39 is 18.6 Å². The number of rotatable bonds is 2. The number of aliphatic hydroxyl groups is 1. The van der Waals surface area contributed by atoms with Gasteiger partial charge in [-0.3, -0.25) is 4.79 Å². The maximum absolute atomic E-state index is 9.65. The topological polar surface area (TPSA) is 83.5 Å². The normalized spacial score (nSPS) is 11.8. The van der Waals surface area contributed by atoms with E-state index >= 15 is 0 Å². The summed E-state index contributed by atoms with van der Waals surface area (Å²) in [5.41, 5.74) is 4.77. The fourth-order valence-corrected chi connectivity index (χ4v) is 0.0781. The zero-order chi connectivity index (χ0) is 5.86. The number of aliphatic carboxylic acids is 1. The number of carboxylic acid groups (broad SMARTS) is 1. The maximum Gasteiger partial charge on any atom is 0.322 e. The van der Waals surface area contributed by atoms with Crippen LogP contribution in [0, 0.1) is 0 Å². The van der Waals surface area contributed by atoms with E-state index in [4.69, 9.17) is 15.9 Å². The van der Waals surface area contributed by atoms with Crippen molar-refractivity contribution in [2.24, 2.45) is 5.73 Å². The predicted molar refractivity (Wildman–Crippen MR) is 28.5 cm³/mol. The van der Waals surface area contributed by atoms with E-state index in [0.29, 0.717) is 0 Å². The SMILES string of the molecule is N[C@@H](CO)C(=O)O.[B]. The second kappa shape index (κ2) is 4.61. The van der Waals surface area contributed by atoms with Gasteiger partial charge in [-0.2, -0.15) is 0 Å². The van der Waals surface area contributed by atoms with Gasteiger partial charge in [0.05, 0.1) is 6.61 Å². The maximum atomic E-state index is 9.65. The van der Waals surface area contributed by atoms with Crippen molar-refractivity contribution >= 4 is 14.4 Å². The van der Waals surface area contributed by atoms with Crippen LogP contribution in [0.25, 0.3) is 0 Å². The Morgan fingerprint density at radius 2 is 2.12 bits per heavy atom. The van der Waals surface area contributed by atoms with Crippen LogP contribution < -0.4 is 5.73 Å². The Morgan fingerprint density at radius 1 is 1.75 bits per heavy atom. The third-order valence-corrected chi connectivity index (χ3v) is 0.514. The molecule has 8 heavy (non-hydrogen) atoms. The summed E-state index contributed by atoms with van der Waals surface area (Å²) in [7, 11) is 0. The van der Waals surface area contributed by atoms with Gasteiger partial charge in [0, 0.05) is 8.41 Å². The molecular weight excluding hydrogens is 109 g/mol. The van der Waals surface area contributed by atoms with E-state index in [1.165, 1.54) is 0 Å². The first-order valence-corrected chi connectivity index (χ1v) is 1.77. The third kappa shape index (κ3) is 3.64. The van der Waals surface area contributed by atoms with Gasteiger partial charge in [0.15, 0.2) is 0 Å². The molecule has 4 nitrogen and oxygen atoms in total. The van der Waals surface area contributed by atoms with E-state index in [9.17, 15) is 4.79 Å². The summed E-state index contributed by atoms with van der Waals surface area (Å²) in [6.07, 6.45) is 0. The Kier molecular flexibility index (Phi) is 6.02. The molecule has 5 heteroatoms. The summed E-state index contributed by atoms with van der Waals surface area (Å²) in [5, 5.41) is 15.9. The highest BCUT2D eigenvalue weighted by Gasteiger charge is 2.06. The molecule has 0 spiro atoms. The van der Waals surface area contributed by atoms with Crippen LogP contribution in [0.5, 0.6) is 0 Å². The van der Waals surface area contributed by atoms with Gasteiger partial charge >= 0.3 is 5.97 Å². The first kappa shape index (κ1) is 10.4. The van der Waals surface area contributed by atoms with Crippen molar-refractivity contribution in [3.05, 3.63) is 0 Å². The minimum atomic E-state index is -1.18. The average Bonchev–Trinajstić information content (AvgIpc) is 1.65. The standard InChI is InChI=1S/C3H7NO3.B/c4-2(1-5)3(6)7;/h2,5H,1,4H2,(H,6,7);/t2-;/m0./s1. The van der Waals surface area contributed by atoms with Gasteiger partial charge in [0.2, 0.25) is 0 Å². The second-order valence-corrected chi connectivity index (χ2v) is 1.13. The molecule has 0 rings (SSSR count). The molecule has 0 aliphatic rings. The van der Waals surface area contributed by atoms with Crippen molar-refractivity contribution in [1.29, 1.82) is 0 Å². The molecule has 0 unspecified atom stereocenters. The molecule has 0 amide bonds. The molecule has 1 atom stereocenters. The summed E-state index contributed by atoms with van der Waals surface area (Å²) < 4.78 is 0. The van der Waals surface area contributed by atoms with E-state index in [2.05, 4.69) is 0 Å². The first-order chi connectivity index (χ1) is 3.18. The Bertz CT molecular complexity index is 76.9. The van der Waals surface area contributed by atoms with Crippen molar-refractivity contribution in [1.82, 2.24) is 0 Å². The van der Waals surface area contributed by atoms with Crippen molar-refractivity contribution in [3.63, 3.8) is 0 Å². The van der Waals surface area contributed by atoms with Crippen LogP contribution in [-0.2, 0) is 4.79 Å². The molecule has 0 heterocycles. The number of nitrogens with two attached hydrogens (primary N) is 1. The fourth-order valence-electron chi connectivity index (χ4n) is 0.0781. The van der Waals surface area contributed by atoms with Gasteiger partial charge in [-0.25, -0.2) is 0 Å². The van der Waals surface area contributed by atoms with E-state index in [1.54, 1.807) is 0 Å². The van der Waals surface area contributed by atoms with Gasteiger partial charge < -0.3 is 15.9 Å². The highest BCUT2D eigenvalue weighted by molar-refractivity contribution is 5.75. The van der Waals surface area contributed by atoms with Gasteiger partial charge in [-0.05, 0) is 0 Å². The number of hydrogen-bond acceptors (Lipinski definition) is 3. The van der Waals surface area contributed by atoms with Crippen LogP contribution in [0.15, 0.2) is 0 Å². The minimum Gasteiger partial charge on any atom is -0.480 e. The summed E-state index contributed by atoms with van der Waals surface area (Å²) in [6.45, 7) is -0.505. The predicted octanol–water partition coefficient (Wildman–Crippen LogP) is -1.99. The lowest BCUT2D eigenvalue weighted by atomic mass is 10.3. The highest BCUT2D eigenvalue weighted by Crippen LogP contribution is 1.71. The highest BCUT2D eigenvalue weighted by atomic mass is 16.4. The molecule has 0 aliphatic heterocycles. The van der Waals surface area contributed by atoms with E-state index in [0.717, 1.165) is 0 Å². The Hall–Kier alpha value is -0.545. The van der Waals surface area contributed by atoms with Crippen LogP contribution in [0.3, 0.4) is 0 Å². The first-order valence-electron chi connectivity index (χ1n) is 1.77. The molecule has 0 aromatic heterocycles. The largest absolute Gasteiger partial charge is 0.480 e. The molecule has 0 bridgehead atoms. The van der Waals surface area contributed by atoms with E-state index in [1.807, 2.05) is 0 Å². The summed E-state index contributed by atoms with van der Waals surface area (Å²) >= 11 is 0. The van der Waals surface area contributed by atoms with Gasteiger partial charge in [0.25, 0.3) is 0 Å². The Balaban J connectivity index is 0. The number of hydrogen-bond donors (Lipinski definition) is 3. The lowest BCUT2D eigenvalue weighted by Gasteiger charge is -1.96. The molecule has 0 saturated carbocycles. The zero-order valence-electron chi connectivity index (χ0n) is 4.24. The molecule has 0 fully saturated rings. The molecule has 45 valence electrons. The van der Waals surface area contributed by atoms with Crippen LogP contribution in [-0.4, -0.2) is 37.2 Å². The van der Waals surface area contributed by atoms with Crippen LogP contribution >= 0.6 is 0 Å².